The van der Waals surface area contributed by atoms with Gasteiger partial charge in [0.25, 0.3) is 29.8 Å². The minimum absolute atomic E-state index is 0.131. The molecule has 4 saturated heterocycles. The molecule has 0 amide bonds. The first-order valence-corrected chi connectivity index (χ1v) is 18.4. The third-order valence-electron chi connectivity index (χ3n) is 8.56. The molecule has 1 aliphatic carbocycles. The summed E-state index contributed by atoms with van der Waals surface area (Å²) in [4.78, 5) is 45.0. The summed E-state index contributed by atoms with van der Waals surface area (Å²) in [5.74, 6) is -4.17. The van der Waals surface area contributed by atoms with Crippen LogP contribution in [0, 0.1) is 0 Å². The Kier molecular flexibility index (Phi) is 26.1. The first-order valence-electron chi connectivity index (χ1n) is 18.4. The second kappa shape index (κ2) is 27.6. The van der Waals surface area contributed by atoms with Crippen molar-refractivity contribution in [3.63, 3.8) is 0 Å². The number of carboxylic acids is 5. The van der Waals surface area contributed by atoms with Crippen molar-refractivity contribution < 1.29 is 113 Å². The zero-order valence-electron chi connectivity index (χ0n) is 34.0. The molecule has 4 heterocycles. The molecular formula is C33H63N5O23. The number of carbonyl (C=O) groups is 5. The summed E-state index contributed by atoms with van der Waals surface area (Å²) < 4.78 is 40.5. The number of ether oxygens (including phenoxy) is 7. The standard InChI is InChI=1S/C23H43N5O13.5C2H4O2/c24-2-7-13(31)15(33)10(27)21(36-7)40-18-8(3-29)37-23(16(18)34)41-20-12(30)5(25)1-6(26)17(20)39-22-11(28)19-14(32)9(38-22)4-35-19;5*1-2(3)4/h5-23,29-34H,1-4,24-28H2;5*1H3,(H,3,4)/t5-,6+,7-,8-,9-,10+,11-,12+,13+,14-,15+,16-,17-,18-,19+,20-,21+,22-,23+;;;;;/m1...../s1. The molecule has 61 heavy (non-hydrogen) atoms. The maximum absolute atomic E-state index is 11.1. The van der Waals surface area contributed by atoms with Crippen LogP contribution in [0.15, 0.2) is 0 Å². The third kappa shape index (κ3) is 19.3. The lowest BCUT2D eigenvalue weighted by molar-refractivity contribution is -0.294. The van der Waals surface area contributed by atoms with E-state index < -0.39 is 153 Å². The number of nitrogens with two attached hydrogens (primary N) is 5. The van der Waals surface area contributed by atoms with E-state index in [0.29, 0.717) is 0 Å². The fourth-order valence-corrected chi connectivity index (χ4v) is 6.09. The molecule has 0 spiro atoms. The first kappa shape index (κ1) is 57.6. The van der Waals surface area contributed by atoms with E-state index in [0.717, 1.165) is 34.6 Å². The van der Waals surface area contributed by atoms with Crippen LogP contribution in [0.5, 0.6) is 0 Å². The van der Waals surface area contributed by atoms with E-state index in [1.165, 1.54) is 0 Å². The average molecular weight is 898 g/mol. The van der Waals surface area contributed by atoms with Gasteiger partial charge >= 0.3 is 0 Å². The summed E-state index contributed by atoms with van der Waals surface area (Å²) in [5, 5.41) is 99.8. The van der Waals surface area contributed by atoms with Crippen molar-refractivity contribution in [1.82, 2.24) is 0 Å². The molecule has 5 rings (SSSR count). The van der Waals surface area contributed by atoms with Crippen LogP contribution in [0.4, 0.5) is 0 Å². The van der Waals surface area contributed by atoms with Gasteiger partial charge in [0, 0.05) is 53.2 Å². The predicted molar refractivity (Wildman–Crippen MR) is 200 cm³/mol. The molecule has 0 aromatic rings. The number of hydrogen-bond acceptors (Lipinski definition) is 23. The fourth-order valence-electron chi connectivity index (χ4n) is 6.09. The highest BCUT2D eigenvalue weighted by Crippen LogP contribution is 2.35. The molecule has 0 aromatic heterocycles. The molecule has 5 fully saturated rings. The zero-order chi connectivity index (χ0) is 47.6. The second-order valence-corrected chi connectivity index (χ2v) is 13.9. The Morgan fingerprint density at radius 1 is 0.541 bits per heavy atom. The van der Waals surface area contributed by atoms with Gasteiger partial charge < -0.3 is 118 Å². The molecule has 19 atom stereocenters. The van der Waals surface area contributed by atoms with Gasteiger partial charge in [0.1, 0.15) is 67.1 Å². The molecule has 0 unspecified atom stereocenters. The normalized spacial score (nSPS) is 39.6. The molecule has 0 radical (unpaired) electrons. The quantitative estimate of drug-likeness (QED) is 0.108. The van der Waals surface area contributed by atoms with E-state index in [1.54, 1.807) is 0 Å². The minimum atomic E-state index is -1.56. The average Bonchev–Trinajstić information content (AvgIpc) is 3.57. The third-order valence-corrected chi connectivity index (χ3v) is 8.56. The van der Waals surface area contributed by atoms with E-state index in [-0.39, 0.29) is 19.6 Å². The van der Waals surface area contributed by atoms with Gasteiger partial charge in [-0.05, 0) is 6.42 Å². The Balaban J connectivity index is 0.00000151. The fraction of sp³-hybridized carbons (Fsp3) is 0.848. The summed E-state index contributed by atoms with van der Waals surface area (Å²) in [6, 6.07) is -3.66. The highest BCUT2D eigenvalue weighted by Gasteiger charge is 2.55. The minimum Gasteiger partial charge on any atom is -0.481 e. The Morgan fingerprint density at radius 3 is 1.43 bits per heavy atom. The van der Waals surface area contributed by atoms with Crippen molar-refractivity contribution in [2.75, 3.05) is 19.8 Å². The van der Waals surface area contributed by atoms with E-state index in [1.807, 2.05) is 0 Å². The van der Waals surface area contributed by atoms with Gasteiger partial charge in [-0.25, -0.2) is 0 Å². The Hall–Kier alpha value is -3.37. The van der Waals surface area contributed by atoms with Gasteiger partial charge in [-0.15, -0.1) is 0 Å². The topological polar surface area (TPSA) is 503 Å². The van der Waals surface area contributed by atoms with Crippen molar-refractivity contribution in [3.8, 4) is 0 Å². The van der Waals surface area contributed by atoms with Crippen molar-refractivity contribution >= 4 is 29.8 Å². The number of carboxylic acid groups (broad SMARTS) is 5. The van der Waals surface area contributed by atoms with Crippen molar-refractivity contribution in [3.05, 3.63) is 0 Å². The Morgan fingerprint density at radius 2 is 0.967 bits per heavy atom. The van der Waals surface area contributed by atoms with Gasteiger partial charge in [-0.2, -0.15) is 0 Å². The smallest absolute Gasteiger partial charge is 0.300 e. The van der Waals surface area contributed by atoms with E-state index in [4.69, 9.17) is 111 Å². The molecule has 21 N–H and O–H groups in total. The number of fused-ring (bicyclic) bond motifs is 2. The molecule has 28 heteroatoms. The second-order valence-electron chi connectivity index (χ2n) is 13.9. The zero-order valence-corrected chi connectivity index (χ0v) is 34.0. The van der Waals surface area contributed by atoms with Crippen molar-refractivity contribution in [2.45, 2.75) is 157 Å². The van der Waals surface area contributed by atoms with Gasteiger partial charge in [-0.1, -0.05) is 0 Å². The predicted octanol–water partition coefficient (Wildman–Crippen LogP) is -7.36. The molecule has 5 aliphatic rings. The summed E-state index contributed by atoms with van der Waals surface area (Å²) in [5.41, 5.74) is 30.3. The summed E-state index contributed by atoms with van der Waals surface area (Å²) in [6.45, 7) is 4.79. The van der Waals surface area contributed by atoms with Gasteiger partial charge in [0.15, 0.2) is 18.9 Å². The van der Waals surface area contributed by atoms with E-state index in [2.05, 4.69) is 0 Å². The summed E-state index contributed by atoms with van der Waals surface area (Å²) in [6.07, 6.45) is -17.4. The van der Waals surface area contributed by atoms with E-state index in [9.17, 15) is 30.6 Å². The van der Waals surface area contributed by atoms with Crippen LogP contribution in [0.1, 0.15) is 41.0 Å². The lowest BCUT2D eigenvalue weighted by atomic mass is 9.84. The molecule has 2 bridgehead atoms. The van der Waals surface area contributed by atoms with Crippen LogP contribution in [-0.2, 0) is 57.1 Å². The summed E-state index contributed by atoms with van der Waals surface area (Å²) in [7, 11) is 0. The van der Waals surface area contributed by atoms with Crippen LogP contribution in [0.25, 0.3) is 0 Å². The molecular weight excluding hydrogens is 834 g/mol. The summed E-state index contributed by atoms with van der Waals surface area (Å²) >= 11 is 0. The largest absolute Gasteiger partial charge is 0.481 e. The van der Waals surface area contributed by atoms with Crippen LogP contribution in [0.3, 0.4) is 0 Å². The molecule has 1 saturated carbocycles. The maximum atomic E-state index is 11.1. The van der Waals surface area contributed by atoms with Gasteiger partial charge in [0.05, 0.1) is 31.4 Å². The number of aliphatic hydroxyl groups excluding tert-OH is 6. The number of hydrogen-bond donors (Lipinski definition) is 16. The van der Waals surface area contributed by atoms with Crippen LogP contribution >= 0.6 is 0 Å². The number of aliphatic carboxylic acids is 5. The maximum Gasteiger partial charge on any atom is 0.300 e. The lowest BCUT2D eigenvalue weighted by Crippen LogP contribution is -2.66. The first-order chi connectivity index (χ1) is 28.1. The van der Waals surface area contributed by atoms with Gasteiger partial charge in [0.2, 0.25) is 0 Å². The van der Waals surface area contributed by atoms with Crippen molar-refractivity contribution in [1.29, 1.82) is 0 Å². The number of aliphatic hydroxyl groups is 6. The molecule has 28 nitrogen and oxygen atoms in total. The Labute approximate surface area is 348 Å². The molecule has 0 aromatic carbocycles. The van der Waals surface area contributed by atoms with Crippen molar-refractivity contribution in [2.24, 2.45) is 28.7 Å². The highest BCUT2D eigenvalue weighted by molar-refractivity contribution is 5.63. The van der Waals surface area contributed by atoms with Gasteiger partial charge in [-0.3, -0.25) is 24.0 Å². The highest BCUT2D eigenvalue weighted by atomic mass is 16.8. The van der Waals surface area contributed by atoms with Crippen LogP contribution < -0.4 is 28.7 Å². The molecule has 358 valence electrons. The SMILES string of the molecule is CC(=O)O.CC(=O)O.CC(=O)O.CC(=O)O.CC(=O)O.NC[C@H]1O[C@@H](O[C@H]2[C@@H](O)[C@H](O[C@@H]3[C@@H](O)[C@H](N)C[C@H](N)[C@H]3O[C@H]3O[C@@H]4CO[C@@H]([C@H]3N)[C@@H]4O)O[C@@H]2CO)[C@@H](N)[C@H](O)[C@H]1O. The number of rotatable bonds is 8. The monoisotopic (exact) mass is 897 g/mol. The Bertz CT molecular complexity index is 1260. The van der Waals surface area contributed by atoms with E-state index >= 15 is 0 Å². The van der Waals surface area contributed by atoms with Crippen LogP contribution in [0.2, 0.25) is 0 Å². The molecule has 4 aliphatic heterocycles. The van der Waals surface area contributed by atoms with Crippen LogP contribution in [-0.4, -0.2) is 222 Å². The lowest BCUT2D eigenvalue weighted by Gasteiger charge is -2.46.